The Morgan fingerprint density at radius 1 is 0.978 bits per heavy atom. The molecule has 1 aromatic carbocycles. The second-order valence-electron chi connectivity index (χ2n) is 16.5. The van der Waals surface area contributed by atoms with Crippen LogP contribution in [0.15, 0.2) is 36.4 Å². The number of amides is 1. The summed E-state index contributed by atoms with van der Waals surface area (Å²) in [4.78, 5) is 56.6. The topological polar surface area (TPSA) is 130 Å². The quantitative estimate of drug-likeness (QED) is 0.344. The number of ketones is 3. The molecule has 0 radical (unpaired) electrons. The first-order chi connectivity index (χ1) is 21.2. The average molecular weight is 616 g/mol. The minimum Gasteiger partial charge on any atom is -0.387 e. The van der Waals surface area contributed by atoms with Crippen molar-refractivity contribution in [1.82, 2.24) is 5.32 Å². The van der Waals surface area contributed by atoms with Crippen LogP contribution in [0, 0.1) is 57.7 Å². The van der Waals surface area contributed by atoms with E-state index in [2.05, 4.69) is 11.9 Å². The Hall–Kier alpha value is -2.68. The largest absolute Gasteiger partial charge is 0.387 e. The molecule has 9 atom stereocenters. The van der Waals surface area contributed by atoms with Crippen molar-refractivity contribution in [3.63, 3.8) is 0 Å². The summed E-state index contributed by atoms with van der Waals surface area (Å²) in [6.07, 6.45) is 3.09. The number of hydrogen-bond acceptors (Lipinski definition) is 7. The molecule has 9 rings (SSSR count). The summed E-state index contributed by atoms with van der Waals surface area (Å²) in [5.74, 6) is -4.44. The highest BCUT2D eigenvalue weighted by Crippen LogP contribution is 2.90. The highest BCUT2D eigenvalue weighted by Gasteiger charge is 2.99. The Morgan fingerprint density at radius 2 is 1.64 bits per heavy atom. The molecule has 8 fully saturated rings. The second-order valence-corrected chi connectivity index (χ2v) is 16.5. The van der Waals surface area contributed by atoms with Gasteiger partial charge >= 0.3 is 0 Å². The first-order valence-corrected chi connectivity index (χ1v) is 16.9. The molecule has 3 N–H and O–H groups in total. The molecular weight excluding hydrogens is 570 g/mol. The summed E-state index contributed by atoms with van der Waals surface area (Å²) in [6.45, 7) is 12.3. The van der Waals surface area contributed by atoms with Gasteiger partial charge in [0, 0.05) is 41.2 Å². The first kappa shape index (κ1) is 29.7. The molecule has 2 spiro atoms. The molecule has 2 bridgehead atoms. The Bertz CT molecular complexity index is 1570. The van der Waals surface area contributed by atoms with Crippen LogP contribution < -0.4 is 5.32 Å². The summed E-state index contributed by atoms with van der Waals surface area (Å²) in [7, 11) is 0. The van der Waals surface area contributed by atoms with Crippen molar-refractivity contribution in [1.29, 1.82) is 0 Å². The maximum Gasteiger partial charge on any atom is 0.251 e. The molecule has 8 aliphatic rings. The number of aliphatic hydroxyl groups excluding tert-OH is 1. The molecule has 2 aliphatic heterocycles. The van der Waals surface area contributed by atoms with Gasteiger partial charge in [0.2, 0.25) is 5.79 Å². The summed E-state index contributed by atoms with van der Waals surface area (Å²) in [6, 6.07) is 7.37. The van der Waals surface area contributed by atoms with E-state index in [-0.39, 0.29) is 42.0 Å². The number of allylic oxidation sites excluding steroid dienone is 1. The summed E-state index contributed by atoms with van der Waals surface area (Å²) >= 11 is 0. The Labute approximate surface area is 264 Å². The van der Waals surface area contributed by atoms with Crippen molar-refractivity contribution in [2.75, 3.05) is 6.61 Å². The molecule has 0 aromatic heterocycles. The lowest BCUT2D eigenvalue weighted by atomic mass is 9.15. The van der Waals surface area contributed by atoms with E-state index >= 15 is 4.79 Å². The predicted molar refractivity (Wildman–Crippen MR) is 164 cm³/mol. The molecule has 1 amide bonds. The molecule has 8 nitrogen and oxygen atoms in total. The summed E-state index contributed by atoms with van der Waals surface area (Å²) in [5.41, 5.74) is -3.15. The van der Waals surface area contributed by atoms with Gasteiger partial charge in [0.25, 0.3) is 5.91 Å². The van der Waals surface area contributed by atoms with Gasteiger partial charge in [-0.05, 0) is 75.3 Å². The van der Waals surface area contributed by atoms with Gasteiger partial charge < -0.3 is 20.3 Å². The zero-order valence-corrected chi connectivity index (χ0v) is 26.8. The second kappa shape index (κ2) is 8.81. The highest BCUT2D eigenvalue weighted by atomic mass is 16.6. The number of Topliss-reactive ketones (excluding diaryl/α,β-unsaturated/α-hetero) is 3. The molecule has 6 saturated carbocycles. The van der Waals surface area contributed by atoms with E-state index < -0.39 is 56.6 Å². The number of hydrogen-bond donors (Lipinski definition) is 3. The number of fused-ring (bicyclic) bond motifs is 1. The first-order valence-electron chi connectivity index (χ1n) is 16.9. The van der Waals surface area contributed by atoms with Gasteiger partial charge in [0.05, 0.1) is 17.4 Å². The number of benzene rings is 1. The minimum absolute atomic E-state index is 0.00809. The highest BCUT2D eigenvalue weighted by molar-refractivity contribution is 6.22. The molecule has 2 heterocycles. The fourth-order valence-electron chi connectivity index (χ4n) is 12.6. The maximum absolute atomic E-state index is 15.1. The summed E-state index contributed by atoms with van der Waals surface area (Å²) in [5, 5.41) is 27.6. The third kappa shape index (κ3) is 2.94. The lowest BCUT2D eigenvalue weighted by Gasteiger charge is -2.87. The lowest BCUT2D eigenvalue weighted by molar-refractivity contribution is -0.482. The van der Waals surface area contributed by atoms with Crippen LogP contribution in [0.1, 0.15) is 88.1 Å². The van der Waals surface area contributed by atoms with Crippen molar-refractivity contribution in [2.45, 2.75) is 97.0 Å². The predicted octanol–water partition coefficient (Wildman–Crippen LogP) is 4.10. The van der Waals surface area contributed by atoms with Gasteiger partial charge in [-0.15, -0.1) is 0 Å². The van der Waals surface area contributed by atoms with Crippen molar-refractivity contribution in [3.05, 3.63) is 47.5 Å². The number of ether oxygens (including phenoxy) is 1. The minimum atomic E-state index is -2.17. The third-order valence-electron chi connectivity index (χ3n) is 14.6. The van der Waals surface area contributed by atoms with E-state index in [1.54, 1.807) is 0 Å². The van der Waals surface area contributed by atoms with E-state index in [9.17, 15) is 24.6 Å². The number of aryl methyl sites for hydroxylation is 1. The molecule has 240 valence electrons. The van der Waals surface area contributed by atoms with Gasteiger partial charge in [-0.3, -0.25) is 19.2 Å². The van der Waals surface area contributed by atoms with Gasteiger partial charge in [-0.1, -0.05) is 50.6 Å². The molecule has 1 aromatic rings. The normalized spacial score (nSPS) is 48.7. The molecule has 2 saturated heterocycles. The number of carbonyl (C=O) groups is 4. The van der Waals surface area contributed by atoms with Crippen LogP contribution >= 0.6 is 0 Å². The SMILES string of the molecule is C=C1[C@@H]2CCC3(C)[C@@]4(C(=O)C1(C(=O)C1CCC(NC(=O)c5ccc(C)cc5)CC1)[C@H]24)[C@]1(O)OC[C@]32C(=O)CCC(C)(C)[C@H]2[C@@H]1O. The van der Waals surface area contributed by atoms with E-state index in [1.165, 1.54) is 0 Å². The molecule has 45 heavy (non-hydrogen) atoms. The van der Waals surface area contributed by atoms with Gasteiger partial charge in [-0.2, -0.15) is 0 Å². The van der Waals surface area contributed by atoms with Crippen LogP contribution in [0.2, 0.25) is 0 Å². The Balaban J connectivity index is 1.10. The number of carbonyl (C=O) groups excluding carboxylic acids is 4. The van der Waals surface area contributed by atoms with Gasteiger partial charge in [-0.25, -0.2) is 0 Å². The van der Waals surface area contributed by atoms with Crippen LogP contribution in [0.25, 0.3) is 0 Å². The molecule has 6 aliphatic carbocycles. The van der Waals surface area contributed by atoms with Gasteiger partial charge in [0.1, 0.15) is 17.3 Å². The third-order valence-corrected chi connectivity index (χ3v) is 14.6. The van der Waals surface area contributed by atoms with Crippen molar-refractivity contribution in [3.8, 4) is 0 Å². The van der Waals surface area contributed by atoms with E-state index in [4.69, 9.17) is 4.74 Å². The molecule has 2 unspecified atom stereocenters. The zero-order valence-electron chi connectivity index (χ0n) is 26.8. The Kier molecular flexibility index (Phi) is 5.82. The van der Waals surface area contributed by atoms with E-state index in [1.807, 2.05) is 52.0 Å². The fraction of sp³-hybridized carbons (Fsp3) is 0.676. The molecule has 8 heteroatoms. The van der Waals surface area contributed by atoms with Gasteiger partial charge in [0.15, 0.2) is 11.6 Å². The van der Waals surface area contributed by atoms with Crippen molar-refractivity contribution >= 4 is 23.3 Å². The van der Waals surface area contributed by atoms with Crippen LogP contribution in [0.3, 0.4) is 0 Å². The van der Waals surface area contributed by atoms with Crippen LogP contribution in [0.5, 0.6) is 0 Å². The van der Waals surface area contributed by atoms with Crippen molar-refractivity contribution in [2.24, 2.45) is 50.7 Å². The lowest BCUT2D eigenvalue weighted by Crippen LogP contribution is -2.98. The van der Waals surface area contributed by atoms with E-state index in [0.717, 1.165) is 5.56 Å². The number of nitrogens with one attached hydrogen (secondary N) is 1. The van der Waals surface area contributed by atoms with Crippen LogP contribution in [-0.4, -0.2) is 58.0 Å². The average Bonchev–Trinajstić information content (AvgIpc) is 3.00. The zero-order chi connectivity index (χ0) is 32.1. The van der Waals surface area contributed by atoms with Crippen molar-refractivity contribution < 1.29 is 34.1 Å². The number of rotatable bonds is 4. The summed E-state index contributed by atoms with van der Waals surface area (Å²) < 4.78 is 6.18. The number of aliphatic hydroxyl groups is 2. The Morgan fingerprint density at radius 3 is 2.31 bits per heavy atom. The fourth-order valence-corrected chi connectivity index (χ4v) is 12.6. The smallest absolute Gasteiger partial charge is 0.251 e. The maximum atomic E-state index is 15.1. The van der Waals surface area contributed by atoms with Crippen LogP contribution in [0.4, 0.5) is 0 Å². The van der Waals surface area contributed by atoms with Crippen LogP contribution in [-0.2, 0) is 19.1 Å². The monoisotopic (exact) mass is 615 g/mol. The standard InChI is InChI=1S/C37H45NO7/c1-19-6-8-22(9-7-19)30(42)38-23-12-10-21(11-13-23)28(40)35-20(2)24-14-17-33(5)34-18-45-37(44,36(33,26(24)35)31(35)43)29(41)27(34)32(3,4)16-15-25(34)39/h6-9,21,23-24,26-27,29,41,44H,2,10-18H2,1,3-5H3,(H,38,42)/t21?,23?,24-,26-,27+,29-,33?,34+,35?,36+,37+/m0/s1. The van der Waals surface area contributed by atoms with E-state index in [0.29, 0.717) is 62.5 Å². The molecular formula is C37H45NO7.